The first kappa shape index (κ1) is 15.4. The second kappa shape index (κ2) is 7.68. The van der Waals surface area contributed by atoms with Gasteiger partial charge >= 0.3 is 0 Å². The van der Waals surface area contributed by atoms with Gasteiger partial charge in [0.15, 0.2) is 0 Å². The molecule has 0 saturated carbocycles. The SMILES string of the molecule is CCCCC(CC)COc1ccc2c(c1)CCC2NC. The van der Waals surface area contributed by atoms with E-state index < -0.39 is 0 Å². The summed E-state index contributed by atoms with van der Waals surface area (Å²) >= 11 is 0. The Balaban J connectivity index is 1.91. The van der Waals surface area contributed by atoms with Crippen molar-refractivity contribution in [2.24, 2.45) is 5.92 Å². The Kier molecular flexibility index (Phi) is 5.90. The zero-order valence-electron chi connectivity index (χ0n) is 13.2. The van der Waals surface area contributed by atoms with Crippen LogP contribution in [0.2, 0.25) is 0 Å². The Morgan fingerprint density at radius 2 is 2.20 bits per heavy atom. The summed E-state index contributed by atoms with van der Waals surface area (Å²) in [6, 6.07) is 7.17. The van der Waals surface area contributed by atoms with Crippen LogP contribution in [0.15, 0.2) is 18.2 Å². The van der Waals surface area contributed by atoms with Crippen LogP contribution in [0.1, 0.15) is 63.1 Å². The van der Waals surface area contributed by atoms with Crippen molar-refractivity contribution in [3.8, 4) is 5.75 Å². The average molecular weight is 275 g/mol. The van der Waals surface area contributed by atoms with E-state index in [9.17, 15) is 0 Å². The summed E-state index contributed by atoms with van der Waals surface area (Å²) in [7, 11) is 2.05. The monoisotopic (exact) mass is 275 g/mol. The van der Waals surface area contributed by atoms with E-state index in [1.807, 2.05) is 7.05 Å². The topological polar surface area (TPSA) is 21.3 Å². The van der Waals surface area contributed by atoms with Crippen molar-refractivity contribution >= 4 is 0 Å². The molecule has 1 aliphatic carbocycles. The molecule has 2 heteroatoms. The summed E-state index contributed by atoms with van der Waals surface area (Å²) in [5.41, 5.74) is 2.92. The van der Waals surface area contributed by atoms with Gasteiger partial charge in [0.1, 0.15) is 5.75 Å². The smallest absolute Gasteiger partial charge is 0.119 e. The summed E-state index contributed by atoms with van der Waals surface area (Å²) in [4.78, 5) is 0. The first-order valence-electron chi connectivity index (χ1n) is 8.21. The van der Waals surface area contributed by atoms with E-state index in [1.54, 1.807) is 0 Å². The third-order valence-electron chi connectivity index (χ3n) is 4.57. The van der Waals surface area contributed by atoms with Crippen LogP contribution in [0.25, 0.3) is 0 Å². The molecular weight excluding hydrogens is 246 g/mol. The summed E-state index contributed by atoms with van der Waals surface area (Å²) in [6.45, 7) is 5.39. The van der Waals surface area contributed by atoms with Gasteiger partial charge in [-0.1, -0.05) is 39.2 Å². The molecular formula is C18H29NO. The molecule has 20 heavy (non-hydrogen) atoms. The molecule has 1 aliphatic rings. The summed E-state index contributed by atoms with van der Waals surface area (Å²) < 4.78 is 6.03. The van der Waals surface area contributed by atoms with E-state index in [-0.39, 0.29) is 0 Å². The van der Waals surface area contributed by atoms with E-state index in [1.165, 1.54) is 49.7 Å². The third kappa shape index (κ3) is 3.76. The lowest BCUT2D eigenvalue weighted by atomic mass is 10.0. The molecule has 2 rings (SSSR count). The highest BCUT2D eigenvalue weighted by Gasteiger charge is 2.21. The van der Waals surface area contributed by atoms with E-state index in [0.717, 1.165) is 12.4 Å². The van der Waals surface area contributed by atoms with E-state index >= 15 is 0 Å². The molecule has 112 valence electrons. The van der Waals surface area contributed by atoms with Crippen molar-refractivity contribution in [3.63, 3.8) is 0 Å². The quantitative estimate of drug-likeness (QED) is 0.755. The van der Waals surface area contributed by atoms with Gasteiger partial charge in [0.2, 0.25) is 0 Å². The first-order valence-corrected chi connectivity index (χ1v) is 8.21. The van der Waals surface area contributed by atoms with Gasteiger partial charge in [0.05, 0.1) is 6.61 Å². The Labute approximate surface area is 123 Å². The van der Waals surface area contributed by atoms with Crippen molar-refractivity contribution in [1.29, 1.82) is 0 Å². The van der Waals surface area contributed by atoms with Crippen LogP contribution in [-0.2, 0) is 6.42 Å². The number of benzene rings is 1. The molecule has 2 atom stereocenters. The van der Waals surface area contributed by atoms with Crippen molar-refractivity contribution < 1.29 is 4.74 Å². The number of nitrogens with one attached hydrogen (secondary N) is 1. The van der Waals surface area contributed by atoms with Gasteiger partial charge in [-0.2, -0.15) is 0 Å². The minimum Gasteiger partial charge on any atom is -0.493 e. The minimum absolute atomic E-state index is 0.534. The third-order valence-corrected chi connectivity index (χ3v) is 4.57. The van der Waals surface area contributed by atoms with Crippen LogP contribution in [-0.4, -0.2) is 13.7 Å². The zero-order valence-corrected chi connectivity index (χ0v) is 13.2. The minimum atomic E-state index is 0.534. The van der Waals surface area contributed by atoms with Gasteiger partial charge in [0, 0.05) is 6.04 Å². The lowest BCUT2D eigenvalue weighted by Crippen LogP contribution is -2.13. The fourth-order valence-corrected chi connectivity index (χ4v) is 3.10. The fraction of sp³-hybridized carbons (Fsp3) is 0.667. The molecule has 0 bridgehead atoms. The second-order valence-electron chi connectivity index (χ2n) is 5.97. The molecule has 0 amide bonds. The number of rotatable bonds is 8. The van der Waals surface area contributed by atoms with Crippen LogP contribution in [0, 0.1) is 5.92 Å². The molecule has 0 radical (unpaired) electrons. The van der Waals surface area contributed by atoms with Crippen molar-refractivity contribution in [1.82, 2.24) is 5.32 Å². The van der Waals surface area contributed by atoms with Crippen LogP contribution < -0.4 is 10.1 Å². The number of fused-ring (bicyclic) bond motifs is 1. The van der Waals surface area contributed by atoms with Gasteiger partial charge in [-0.15, -0.1) is 0 Å². The average Bonchev–Trinajstić information content (AvgIpc) is 2.89. The predicted octanol–water partition coefficient (Wildman–Crippen LogP) is 4.49. The highest BCUT2D eigenvalue weighted by molar-refractivity contribution is 5.40. The molecule has 2 unspecified atom stereocenters. The Bertz CT molecular complexity index is 416. The fourth-order valence-electron chi connectivity index (χ4n) is 3.10. The molecule has 0 saturated heterocycles. The standard InChI is InChI=1S/C18H29NO/c1-4-6-7-14(5-2)13-20-16-9-10-17-15(12-16)8-11-18(17)19-3/h9-10,12,14,18-19H,4-8,11,13H2,1-3H3. The van der Waals surface area contributed by atoms with Crippen LogP contribution in [0.5, 0.6) is 5.75 Å². The number of ether oxygens (including phenoxy) is 1. The number of hydrogen-bond acceptors (Lipinski definition) is 2. The maximum Gasteiger partial charge on any atom is 0.119 e. The molecule has 1 aromatic carbocycles. The van der Waals surface area contributed by atoms with E-state index in [4.69, 9.17) is 4.74 Å². The highest BCUT2D eigenvalue weighted by atomic mass is 16.5. The molecule has 0 aromatic heterocycles. The summed E-state index contributed by atoms with van der Waals surface area (Å²) in [5, 5.41) is 3.38. The highest BCUT2D eigenvalue weighted by Crippen LogP contribution is 2.33. The van der Waals surface area contributed by atoms with Crippen molar-refractivity contribution in [2.75, 3.05) is 13.7 Å². The number of hydrogen-bond donors (Lipinski definition) is 1. The lowest BCUT2D eigenvalue weighted by Gasteiger charge is -2.16. The van der Waals surface area contributed by atoms with Gasteiger partial charge < -0.3 is 10.1 Å². The Morgan fingerprint density at radius 3 is 2.90 bits per heavy atom. The molecule has 0 fully saturated rings. The molecule has 0 aliphatic heterocycles. The summed E-state index contributed by atoms with van der Waals surface area (Å²) in [5.74, 6) is 1.75. The van der Waals surface area contributed by atoms with Crippen LogP contribution in [0.3, 0.4) is 0 Å². The van der Waals surface area contributed by atoms with E-state index in [0.29, 0.717) is 12.0 Å². The van der Waals surface area contributed by atoms with Gasteiger partial charge in [-0.3, -0.25) is 0 Å². The largest absolute Gasteiger partial charge is 0.493 e. The van der Waals surface area contributed by atoms with Gasteiger partial charge in [0.25, 0.3) is 0 Å². The van der Waals surface area contributed by atoms with Crippen molar-refractivity contribution in [3.05, 3.63) is 29.3 Å². The Hall–Kier alpha value is -1.02. The molecule has 0 spiro atoms. The summed E-state index contributed by atoms with van der Waals surface area (Å²) in [6.07, 6.45) is 7.48. The molecule has 1 aromatic rings. The normalized spacial score (nSPS) is 18.9. The first-order chi connectivity index (χ1) is 9.78. The maximum atomic E-state index is 6.03. The maximum absolute atomic E-state index is 6.03. The molecule has 1 N–H and O–H groups in total. The van der Waals surface area contributed by atoms with E-state index in [2.05, 4.69) is 37.4 Å². The molecule has 2 nitrogen and oxygen atoms in total. The second-order valence-corrected chi connectivity index (χ2v) is 5.97. The number of unbranched alkanes of at least 4 members (excludes halogenated alkanes) is 1. The van der Waals surface area contributed by atoms with Gasteiger partial charge in [-0.05, 0) is 55.5 Å². The number of aryl methyl sites for hydroxylation is 1. The molecule has 0 heterocycles. The van der Waals surface area contributed by atoms with Crippen LogP contribution in [0.4, 0.5) is 0 Å². The van der Waals surface area contributed by atoms with Crippen molar-refractivity contribution in [2.45, 2.75) is 58.4 Å². The Morgan fingerprint density at radius 1 is 1.35 bits per heavy atom. The zero-order chi connectivity index (χ0) is 14.4. The van der Waals surface area contributed by atoms with Gasteiger partial charge in [-0.25, -0.2) is 0 Å². The lowest BCUT2D eigenvalue weighted by molar-refractivity contribution is 0.233. The predicted molar refractivity (Wildman–Crippen MR) is 85.4 cm³/mol. The van der Waals surface area contributed by atoms with Crippen LogP contribution >= 0.6 is 0 Å².